The highest BCUT2D eigenvalue weighted by atomic mass is 35.5. The molecule has 0 saturated heterocycles. The fourth-order valence-corrected chi connectivity index (χ4v) is 1.96. The molecule has 0 unspecified atom stereocenters. The summed E-state index contributed by atoms with van der Waals surface area (Å²) in [5, 5.41) is 15.3. The Labute approximate surface area is 120 Å². The van der Waals surface area contributed by atoms with Gasteiger partial charge in [0.15, 0.2) is 5.78 Å². The lowest BCUT2D eigenvalue weighted by molar-refractivity contribution is -0.384. The van der Waals surface area contributed by atoms with Crippen molar-refractivity contribution >= 4 is 23.1 Å². The molecular weight excluding hydrogens is 282 g/mol. The van der Waals surface area contributed by atoms with Gasteiger partial charge in [0.05, 0.1) is 21.3 Å². The Morgan fingerprint density at radius 1 is 1.35 bits per heavy atom. The van der Waals surface area contributed by atoms with Crippen molar-refractivity contribution in [1.82, 2.24) is 9.78 Å². The van der Waals surface area contributed by atoms with Crippen molar-refractivity contribution in [1.29, 1.82) is 0 Å². The molecule has 0 fully saturated rings. The third kappa shape index (κ3) is 2.70. The maximum Gasteiger partial charge on any atom is 0.269 e. The number of Topliss-reactive ketones (excluding diaryl/α,β-unsaturated/α-hetero) is 1. The lowest BCUT2D eigenvalue weighted by Crippen LogP contribution is -2.13. The van der Waals surface area contributed by atoms with E-state index in [1.54, 1.807) is 13.8 Å². The number of benzene rings is 1. The predicted molar refractivity (Wildman–Crippen MR) is 74.1 cm³/mol. The fraction of sp³-hybridized carbons (Fsp3) is 0.231. The Balaban J connectivity index is 2.19. The van der Waals surface area contributed by atoms with Crippen molar-refractivity contribution in [3.8, 4) is 0 Å². The van der Waals surface area contributed by atoms with Crippen molar-refractivity contribution in [3.63, 3.8) is 0 Å². The van der Waals surface area contributed by atoms with Crippen LogP contribution in [0.3, 0.4) is 0 Å². The molecule has 6 nitrogen and oxygen atoms in total. The van der Waals surface area contributed by atoms with Crippen LogP contribution in [0.5, 0.6) is 0 Å². The van der Waals surface area contributed by atoms with Crippen LogP contribution in [0.15, 0.2) is 24.3 Å². The van der Waals surface area contributed by atoms with Crippen LogP contribution in [-0.4, -0.2) is 20.5 Å². The molecule has 1 heterocycles. The molecule has 2 aromatic rings. The molecule has 0 N–H and O–H groups in total. The molecule has 0 bridgehead atoms. The van der Waals surface area contributed by atoms with Gasteiger partial charge in [-0.05, 0) is 26.0 Å². The predicted octanol–water partition coefficient (Wildman–Crippen LogP) is 2.94. The lowest BCUT2D eigenvalue weighted by Gasteiger charge is -2.04. The number of rotatable bonds is 4. The van der Waals surface area contributed by atoms with E-state index in [2.05, 4.69) is 5.10 Å². The average Bonchev–Trinajstić information content (AvgIpc) is 2.66. The van der Waals surface area contributed by atoms with Gasteiger partial charge < -0.3 is 0 Å². The molecule has 0 atom stereocenters. The minimum atomic E-state index is -0.505. The van der Waals surface area contributed by atoms with Crippen LogP contribution in [0.1, 0.15) is 21.7 Å². The number of ketones is 1. The van der Waals surface area contributed by atoms with Gasteiger partial charge in [-0.15, -0.1) is 0 Å². The summed E-state index contributed by atoms with van der Waals surface area (Å²) in [6, 6.07) is 5.49. The molecule has 0 aliphatic rings. The Kier molecular flexibility index (Phi) is 3.85. The number of hydrogen-bond acceptors (Lipinski definition) is 4. The van der Waals surface area contributed by atoms with Crippen LogP contribution in [0.4, 0.5) is 5.69 Å². The number of nitrogens with zero attached hydrogens (tertiary/aromatic N) is 3. The number of non-ortho nitro benzene ring substituents is 1. The molecule has 0 aliphatic heterocycles. The Morgan fingerprint density at radius 3 is 2.40 bits per heavy atom. The van der Waals surface area contributed by atoms with Crippen LogP contribution in [0, 0.1) is 24.0 Å². The van der Waals surface area contributed by atoms with E-state index < -0.39 is 4.92 Å². The van der Waals surface area contributed by atoms with Gasteiger partial charge in [0.2, 0.25) is 0 Å². The van der Waals surface area contributed by atoms with Crippen molar-refractivity contribution in [2.75, 3.05) is 0 Å². The number of nitro benzene ring substituents is 1. The summed E-state index contributed by atoms with van der Waals surface area (Å²) in [4.78, 5) is 22.1. The molecule has 0 amide bonds. The minimum Gasteiger partial charge on any atom is -0.292 e. The zero-order valence-electron chi connectivity index (χ0n) is 11.0. The zero-order valence-corrected chi connectivity index (χ0v) is 11.7. The van der Waals surface area contributed by atoms with Gasteiger partial charge in [-0.25, -0.2) is 0 Å². The standard InChI is InChI=1S/C13H12ClN3O3/c1-8-13(14)9(2)16(15-8)7-12(18)10-3-5-11(6-4-10)17(19)20/h3-6H,7H2,1-2H3. The number of carbonyl (C=O) groups is 1. The Morgan fingerprint density at radius 2 is 1.95 bits per heavy atom. The van der Waals surface area contributed by atoms with E-state index in [-0.39, 0.29) is 18.0 Å². The maximum absolute atomic E-state index is 12.1. The van der Waals surface area contributed by atoms with Gasteiger partial charge >= 0.3 is 0 Å². The van der Waals surface area contributed by atoms with E-state index in [0.717, 1.165) is 5.69 Å². The van der Waals surface area contributed by atoms with Gasteiger partial charge in [-0.3, -0.25) is 19.6 Å². The third-order valence-electron chi connectivity index (χ3n) is 2.99. The summed E-state index contributed by atoms with van der Waals surface area (Å²) >= 11 is 6.01. The number of aryl methyl sites for hydroxylation is 1. The maximum atomic E-state index is 12.1. The van der Waals surface area contributed by atoms with E-state index >= 15 is 0 Å². The molecule has 1 aromatic heterocycles. The lowest BCUT2D eigenvalue weighted by atomic mass is 10.1. The first kappa shape index (κ1) is 14.2. The molecule has 0 radical (unpaired) electrons. The summed E-state index contributed by atoms with van der Waals surface area (Å²) in [7, 11) is 0. The summed E-state index contributed by atoms with van der Waals surface area (Å²) in [6.45, 7) is 3.60. The van der Waals surface area contributed by atoms with Crippen LogP contribution >= 0.6 is 11.6 Å². The highest BCUT2D eigenvalue weighted by Crippen LogP contribution is 2.19. The van der Waals surface area contributed by atoms with E-state index in [4.69, 9.17) is 11.6 Å². The average molecular weight is 294 g/mol. The molecule has 0 spiro atoms. The van der Waals surface area contributed by atoms with E-state index in [0.29, 0.717) is 16.3 Å². The number of carbonyl (C=O) groups excluding carboxylic acids is 1. The highest BCUT2D eigenvalue weighted by molar-refractivity contribution is 6.31. The smallest absolute Gasteiger partial charge is 0.269 e. The second-order valence-corrected chi connectivity index (χ2v) is 4.75. The van der Waals surface area contributed by atoms with E-state index in [1.165, 1.54) is 28.9 Å². The Hall–Kier alpha value is -2.21. The molecule has 7 heteroatoms. The molecule has 1 aromatic carbocycles. The van der Waals surface area contributed by atoms with Gasteiger partial charge in [0.25, 0.3) is 5.69 Å². The van der Waals surface area contributed by atoms with Gasteiger partial charge in [0.1, 0.15) is 6.54 Å². The van der Waals surface area contributed by atoms with E-state index in [1.807, 2.05) is 0 Å². The number of hydrogen-bond donors (Lipinski definition) is 0. The minimum absolute atomic E-state index is 0.0456. The molecule has 2 rings (SSSR count). The normalized spacial score (nSPS) is 10.6. The monoisotopic (exact) mass is 293 g/mol. The van der Waals surface area contributed by atoms with Gasteiger partial charge in [-0.2, -0.15) is 5.10 Å². The summed E-state index contributed by atoms with van der Waals surface area (Å²) in [5.41, 5.74) is 1.75. The van der Waals surface area contributed by atoms with Crippen molar-refractivity contribution < 1.29 is 9.72 Å². The number of aromatic nitrogens is 2. The second kappa shape index (κ2) is 5.42. The van der Waals surface area contributed by atoms with Crippen LogP contribution in [-0.2, 0) is 6.54 Å². The zero-order chi connectivity index (χ0) is 14.9. The molecular formula is C13H12ClN3O3. The quantitative estimate of drug-likeness (QED) is 0.493. The first-order valence-corrected chi connectivity index (χ1v) is 6.25. The van der Waals surface area contributed by atoms with Crippen molar-refractivity contribution in [2.24, 2.45) is 0 Å². The summed E-state index contributed by atoms with van der Waals surface area (Å²) in [6.07, 6.45) is 0. The topological polar surface area (TPSA) is 78.0 Å². The van der Waals surface area contributed by atoms with Gasteiger partial charge in [0, 0.05) is 17.7 Å². The second-order valence-electron chi connectivity index (χ2n) is 4.37. The van der Waals surface area contributed by atoms with Crippen molar-refractivity contribution in [2.45, 2.75) is 20.4 Å². The van der Waals surface area contributed by atoms with Gasteiger partial charge in [-0.1, -0.05) is 11.6 Å². The molecule has 104 valence electrons. The first-order valence-electron chi connectivity index (χ1n) is 5.87. The third-order valence-corrected chi connectivity index (χ3v) is 3.53. The summed E-state index contributed by atoms with van der Waals surface area (Å²) < 4.78 is 1.53. The van der Waals surface area contributed by atoms with Crippen molar-refractivity contribution in [3.05, 3.63) is 56.4 Å². The number of nitro groups is 1. The molecule has 20 heavy (non-hydrogen) atoms. The SMILES string of the molecule is Cc1nn(CC(=O)c2ccc([N+](=O)[O-])cc2)c(C)c1Cl. The van der Waals surface area contributed by atoms with Crippen LogP contribution in [0.25, 0.3) is 0 Å². The molecule has 0 saturated carbocycles. The number of halogens is 1. The first-order chi connectivity index (χ1) is 9.40. The fourth-order valence-electron chi connectivity index (χ4n) is 1.83. The Bertz CT molecular complexity index is 677. The highest BCUT2D eigenvalue weighted by Gasteiger charge is 2.14. The van der Waals surface area contributed by atoms with E-state index in [9.17, 15) is 14.9 Å². The van der Waals surface area contributed by atoms with Crippen LogP contribution < -0.4 is 0 Å². The van der Waals surface area contributed by atoms with Crippen LogP contribution in [0.2, 0.25) is 5.02 Å². The summed E-state index contributed by atoms with van der Waals surface area (Å²) in [5.74, 6) is -0.179. The largest absolute Gasteiger partial charge is 0.292 e. The molecule has 0 aliphatic carbocycles.